The lowest BCUT2D eigenvalue weighted by molar-refractivity contribution is 0.536. The Morgan fingerprint density at radius 1 is 1.67 bits per heavy atom. The van der Waals surface area contributed by atoms with Gasteiger partial charge in [0.2, 0.25) is 0 Å². The van der Waals surface area contributed by atoms with Crippen LogP contribution in [0.3, 0.4) is 0 Å². The van der Waals surface area contributed by atoms with Crippen LogP contribution in [0.15, 0.2) is 10.9 Å². The van der Waals surface area contributed by atoms with Crippen molar-refractivity contribution in [1.82, 2.24) is 9.78 Å². The molecule has 3 N–H and O–H groups in total. The summed E-state index contributed by atoms with van der Waals surface area (Å²) in [4.78, 5) is 11.7. The average molecular weight is 208 g/mol. The summed E-state index contributed by atoms with van der Waals surface area (Å²) in [7, 11) is 0. The van der Waals surface area contributed by atoms with Crippen molar-refractivity contribution in [2.45, 2.75) is 33.2 Å². The predicted octanol–water partition coefficient (Wildman–Crippen LogP) is 0.636. The Labute approximate surface area is 88.4 Å². The second kappa shape index (κ2) is 4.72. The van der Waals surface area contributed by atoms with Crippen LogP contribution in [0.1, 0.15) is 31.0 Å². The molecule has 0 aliphatic rings. The Morgan fingerprint density at radius 3 is 2.87 bits per heavy atom. The Hall–Kier alpha value is -1.65. The van der Waals surface area contributed by atoms with E-state index in [2.05, 4.69) is 5.10 Å². The number of unbranched alkanes of at least 4 members (excludes halogenated alkanes) is 1. The highest BCUT2D eigenvalue weighted by Gasteiger charge is 2.08. The van der Waals surface area contributed by atoms with E-state index < -0.39 is 0 Å². The van der Waals surface area contributed by atoms with Crippen LogP contribution in [-0.4, -0.2) is 15.6 Å². The van der Waals surface area contributed by atoms with Gasteiger partial charge in [0.15, 0.2) is 0 Å². The molecule has 0 aromatic carbocycles. The van der Waals surface area contributed by atoms with Gasteiger partial charge in [-0.15, -0.1) is 0 Å². The van der Waals surface area contributed by atoms with Gasteiger partial charge in [0.05, 0.1) is 11.3 Å². The van der Waals surface area contributed by atoms with Gasteiger partial charge >= 0.3 is 0 Å². The first-order chi connectivity index (χ1) is 7.06. The second-order valence-electron chi connectivity index (χ2n) is 3.49. The second-order valence-corrected chi connectivity index (χ2v) is 3.49. The van der Waals surface area contributed by atoms with E-state index in [4.69, 9.17) is 11.1 Å². The number of nitrogens with zero attached hydrogens (tertiary/aromatic N) is 2. The van der Waals surface area contributed by atoms with Crippen molar-refractivity contribution in [3.8, 4) is 0 Å². The van der Waals surface area contributed by atoms with Crippen LogP contribution in [0.4, 0.5) is 0 Å². The molecule has 0 aliphatic heterocycles. The molecule has 1 rings (SSSR count). The number of hydrogen-bond donors (Lipinski definition) is 2. The summed E-state index contributed by atoms with van der Waals surface area (Å²) >= 11 is 0. The molecule has 0 spiro atoms. The largest absolute Gasteiger partial charge is 0.384 e. The van der Waals surface area contributed by atoms with Crippen molar-refractivity contribution < 1.29 is 0 Å². The van der Waals surface area contributed by atoms with Crippen molar-refractivity contribution in [1.29, 1.82) is 5.41 Å². The fraction of sp³-hybridized carbons (Fsp3) is 0.500. The number of aromatic nitrogens is 2. The molecule has 0 unspecified atom stereocenters. The van der Waals surface area contributed by atoms with Crippen molar-refractivity contribution in [3.05, 3.63) is 27.7 Å². The highest BCUT2D eigenvalue weighted by atomic mass is 16.1. The van der Waals surface area contributed by atoms with Gasteiger partial charge in [-0.1, -0.05) is 13.3 Å². The molecule has 5 heteroatoms. The number of hydrogen-bond acceptors (Lipinski definition) is 3. The molecule has 1 aromatic rings. The van der Waals surface area contributed by atoms with Crippen molar-refractivity contribution in [3.63, 3.8) is 0 Å². The van der Waals surface area contributed by atoms with Crippen LogP contribution in [0.5, 0.6) is 0 Å². The van der Waals surface area contributed by atoms with Gasteiger partial charge in [-0.2, -0.15) is 5.10 Å². The molecular formula is C10H16N4O. The minimum absolute atomic E-state index is 0.198. The highest BCUT2D eigenvalue weighted by Crippen LogP contribution is 1.96. The number of amidine groups is 1. The molecule has 0 saturated heterocycles. The average Bonchev–Trinajstić information content (AvgIpc) is 2.18. The third-order valence-electron chi connectivity index (χ3n) is 2.11. The molecule has 82 valence electrons. The summed E-state index contributed by atoms with van der Waals surface area (Å²) in [5, 5.41) is 11.4. The van der Waals surface area contributed by atoms with Gasteiger partial charge < -0.3 is 5.73 Å². The third-order valence-corrected chi connectivity index (χ3v) is 2.11. The lowest BCUT2D eigenvalue weighted by atomic mass is 10.2. The number of nitrogens with one attached hydrogen (secondary N) is 1. The van der Waals surface area contributed by atoms with Gasteiger partial charge in [-0.05, 0) is 19.4 Å². The van der Waals surface area contributed by atoms with E-state index in [1.165, 1.54) is 4.68 Å². The molecule has 15 heavy (non-hydrogen) atoms. The standard InChI is InChI=1S/C10H16N4O/c1-3-4-5-14-10(15)8(9(11)12)6-7(2)13-14/h6H,3-5H2,1-2H3,(H3,11,12). The first kappa shape index (κ1) is 11.4. The first-order valence-electron chi connectivity index (χ1n) is 4.99. The van der Waals surface area contributed by atoms with E-state index in [0.29, 0.717) is 12.2 Å². The molecule has 0 fully saturated rings. The van der Waals surface area contributed by atoms with Gasteiger partial charge in [0.1, 0.15) is 5.84 Å². The fourth-order valence-electron chi connectivity index (χ4n) is 1.33. The van der Waals surface area contributed by atoms with Crippen LogP contribution in [0.2, 0.25) is 0 Å². The van der Waals surface area contributed by atoms with Gasteiger partial charge in [0.25, 0.3) is 5.56 Å². The predicted molar refractivity (Wildman–Crippen MR) is 59.2 cm³/mol. The van der Waals surface area contributed by atoms with Gasteiger partial charge in [-0.3, -0.25) is 10.2 Å². The Kier molecular flexibility index (Phi) is 3.60. The van der Waals surface area contributed by atoms with Crippen molar-refractivity contribution >= 4 is 5.84 Å². The first-order valence-corrected chi connectivity index (χ1v) is 4.99. The summed E-state index contributed by atoms with van der Waals surface area (Å²) < 4.78 is 1.38. The zero-order valence-electron chi connectivity index (χ0n) is 9.08. The monoisotopic (exact) mass is 208 g/mol. The fourth-order valence-corrected chi connectivity index (χ4v) is 1.33. The summed E-state index contributed by atoms with van der Waals surface area (Å²) in [6, 6.07) is 1.55. The Bertz CT molecular complexity index is 422. The zero-order chi connectivity index (χ0) is 11.4. The summed E-state index contributed by atoms with van der Waals surface area (Å²) in [5.41, 5.74) is 5.99. The minimum atomic E-state index is -0.276. The number of nitrogen functional groups attached to an aromatic ring is 1. The molecule has 1 heterocycles. The molecular weight excluding hydrogens is 192 g/mol. The zero-order valence-corrected chi connectivity index (χ0v) is 9.08. The smallest absolute Gasteiger partial charge is 0.277 e. The van der Waals surface area contributed by atoms with Crippen molar-refractivity contribution in [2.75, 3.05) is 0 Å². The van der Waals surface area contributed by atoms with E-state index in [1.54, 1.807) is 13.0 Å². The van der Waals surface area contributed by atoms with E-state index in [1.807, 2.05) is 6.92 Å². The van der Waals surface area contributed by atoms with Crippen LogP contribution in [0, 0.1) is 12.3 Å². The Balaban J connectivity index is 3.17. The molecule has 5 nitrogen and oxygen atoms in total. The van der Waals surface area contributed by atoms with Crippen molar-refractivity contribution in [2.24, 2.45) is 5.73 Å². The van der Waals surface area contributed by atoms with E-state index in [9.17, 15) is 4.79 Å². The molecule has 0 radical (unpaired) electrons. The normalized spacial score (nSPS) is 10.3. The van der Waals surface area contributed by atoms with Crippen LogP contribution in [0.25, 0.3) is 0 Å². The quantitative estimate of drug-likeness (QED) is 0.562. The molecule has 0 amide bonds. The lowest BCUT2D eigenvalue weighted by Gasteiger charge is -2.07. The highest BCUT2D eigenvalue weighted by molar-refractivity contribution is 5.94. The van der Waals surface area contributed by atoms with E-state index >= 15 is 0 Å². The van der Waals surface area contributed by atoms with Crippen LogP contribution in [-0.2, 0) is 6.54 Å². The maximum absolute atomic E-state index is 11.7. The van der Waals surface area contributed by atoms with Crippen LogP contribution >= 0.6 is 0 Å². The topological polar surface area (TPSA) is 84.8 Å². The molecule has 0 bridgehead atoms. The number of rotatable bonds is 4. The van der Waals surface area contributed by atoms with E-state index in [-0.39, 0.29) is 17.0 Å². The maximum atomic E-state index is 11.7. The third kappa shape index (κ3) is 2.65. The minimum Gasteiger partial charge on any atom is -0.384 e. The molecule has 0 aliphatic carbocycles. The van der Waals surface area contributed by atoms with Gasteiger partial charge in [-0.25, -0.2) is 4.68 Å². The van der Waals surface area contributed by atoms with Gasteiger partial charge in [0, 0.05) is 6.54 Å². The van der Waals surface area contributed by atoms with E-state index in [0.717, 1.165) is 12.8 Å². The molecule has 1 aromatic heterocycles. The summed E-state index contributed by atoms with van der Waals surface area (Å²) in [5.74, 6) is -0.198. The number of aryl methyl sites for hydroxylation is 2. The molecule has 0 saturated carbocycles. The number of nitrogens with two attached hydrogens (primary N) is 1. The Morgan fingerprint density at radius 2 is 2.33 bits per heavy atom. The summed E-state index contributed by atoms with van der Waals surface area (Å²) in [6.07, 6.45) is 1.89. The SMILES string of the molecule is CCCCn1nc(C)cc(C(=N)N)c1=O. The summed E-state index contributed by atoms with van der Waals surface area (Å²) in [6.45, 7) is 4.42. The lowest BCUT2D eigenvalue weighted by Crippen LogP contribution is -2.31. The maximum Gasteiger partial charge on any atom is 0.277 e. The van der Waals surface area contributed by atoms with Crippen LogP contribution < -0.4 is 11.3 Å². The molecule has 0 atom stereocenters.